The van der Waals surface area contributed by atoms with Gasteiger partial charge in [0.05, 0.1) is 0 Å². The third kappa shape index (κ3) is 1.86. The maximum Gasteiger partial charge on any atom is 0.226 e. The van der Waals surface area contributed by atoms with E-state index in [0.717, 1.165) is 30.2 Å². The van der Waals surface area contributed by atoms with E-state index in [1.807, 2.05) is 0 Å². The Balaban J connectivity index is 1.47. The maximum atomic E-state index is 12.9. The normalized spacial score (nSPS) is 43.5. The predicted octanol–water partition coefficient (Wildman–Crippen LogP) is 3.29. The van der Waals surface area contributed by atoms with Crippen LogP contribution in [-0.2, 0) is 4.79 Å². The number of rotatable bonds is 4. The summed E-state index contributed by atoms with van der Waals surface area (Å²) in [5, 5.41) is 0. The standard InChI is InChI=1S/C16H24ClNO/c17-7-8-18(12-3-1-2-4-12)16(19)15-13-10-5-6-11(9-10)14(13)15/h10-15H,1-9H2. The number of nitrogens with zero attached hydrogens (tertiary/aromatic N) is 1. The van der Waals surface area contributed by atoms with E-state index < -0.39 is 0 Å². The molecule has 4 aliphatic rings. The lowest BCUT2D eigenvalue weighted by molar-refractivity contribution is -0.135. The van der Waals surface area contributed by atoms with Gasteiger partial charge >= 0.3 is 0 Å². The Hall–Kier alpha value is -0.240. The van der Waals surface area contributed by atoms with Crippen LogP contribution >= 0.6 is 11.6 Å². The third-order valence-corrected chi connectivity index (χ3v) is 6.56. The zero-order chi connectivity index (χ0) is 13.0. The molecule has 0 radical (unpaired) electrons. The van der Waals surface area contributed by atoms with Gasteiger partial charge in [-0.2, -0.15) is 0 Å². The molecule has 0 aromatic rings. The van der Waals surface area contributed by atoms with Crippen LogP contribution in [0, 0.1) is 29.6 Å². The first-order chi connectivity index (χ1) is 9.31. The minimum absolute atomic E-state index is 0.398. The van der Waals surface area contributed by atoms with Crippen LogP contribution in [-0.4, -0.2) is 29.3 Å². The van der Waals surface area contributed by atoms with Gasteiger partial charge in [0, 0.05) is 24.4 Å². The molecule has 0 aliphatic heterocycles. The monoisotopic (exact) mass is 281 g/mol. The van der Waals surface area contributed by atoms with Gasteiger partial charge in [-0.3, -0.25) is 4.79 Å². The van der Waals surface area contributed by atoms with E-state index in [2.05, 4.69) is 4.90 Å². The lowest BCUT2D eigenvalue weighted by atomic mass is 10.0. The maximum absolute atomic E-state index is 12.9. The highest BCUT2D eigenvalue weighted by molar-refractivity contribution is 6.18. The molecule has 4 atom stereocenters. The van der Waals surface area contributed by atoms with E-state index in [9.17, 15) is 4.79 Å². The molecule has 3 heteroatoms. The number of amides is 1. The van der Waals surface area contributed by atoms with Crippen molar-refractivity contribution in [1.82, 2.24) is 4.90 Å². The van der Waals surface area contributed by atoms with Crippen molar-refractivity contribution in [2.75, 3.05) is 12.4 Å². The Bertz CT molecular complexity index is 363. The van der Waals surface area contributed by atoms with Crippen LogP contribution in [0.5, 0.6) is 0 Å². The first-order valence-corrected chi connectivity index (χ1v) is 8.71. The number of carbonyl (C=O) groups is 1. The fraction of sp³-hybridized carbons (Fsp3) is 0.938. The molecule has 106 valence electrons. The van der Waals surface area contributed by atoms with Gasteiger partial charge in [-0.15, -0.1) is 11.6 Å². The third-order valence-electron chi connectivity index (χ3n) is 6.39. The van der Waals surface area contributed by atoms with Gasteiger partial charge < -0.3 is 4.90 Å². The highest BCUT2D eigenvalue weighted by Crippen LogP contribution is 2.69. The quantitative estimate of drug-likeness (QED) is 0.724. The highest BCUT2D eigenvalue weighted by atomic mass is 35.5. The molecule has 19 heavy (non-hydrogen) atoms. The van der Waals surface area contributed by atoms with Crippen molar-refractivity contribution in [2.45, 2.75) is 51.0 Å². The van der Waals surface area contributed by atoms with Crippen molar-refractivity contribution in [3.63, 3.8) is 0 Å². The van der Waals surface area contributed by atoms with Crippen molar-refractivity contribution in [1.29, 1.82) is 0 Å². The largest absolute Gasteiger partial charge is 0.338 e. The summed E-state index contributed by atoms with van der Waals surface area (Å²) < 4.78 is 0. The molecule has 0 saturated heterocycles. The minimum Gasteiger partial charge on any atom is -0.338 e. The van der Waals surface area contributed by atoms with E-state index in [1.165, 1.54) is 44.9 Å². The molecule has 4 unspecified atom stereocenters. The summed E-state index contributed by atoms with van der Waals surface area (Å²) in [7, 11) is 0. The predicted molar refractivity (Wildman–Crippen MR) is 76.0 cm³/mol. The smallest absolute Gasteiger partial charge is 0.226 e. The fourth-order valence-electron chi connectivity index (χ4n) is 5.63. The molecular formula is C16H24ClNO. The minimum atomic E-state index is 0.398. The van der Waals surface area contributed by atoms with Gasteiger partial charge in [0.25, 0.3) is 0 Å². The summed E-state index contributed by atoms with van der Waals surface area (Å²) >= 11 is 5.94. The Labute approximate surface area is 120 Å². The molecule has 1 amide bonds. The van der Waals surface area contributed by atoms with Crippen LogP contribution in [0.4, 0.5) is 0 Å². The summed E-state index contributed by atoms with van der Waals surface area (Å²) in [6, 6.07) is 0.505. The number of hydrogen-bond donors (Lipinski definition) is 0. The average molecular weight is 282 g/mol. The Kier molecular flexibility index (Phi) is 3.06. The second-order valence-electron chi connectivity index (χ2n) is 7.17. The number of carbonyl (C=O) groups excluding carboxylic acids is 1. The Morgan fingerprint density at radius 1 is 1.05 bits per heavy atom. The molecule has 0 aromatic heterocycles. The van der Waals surface area contributed by atoms with Crippen LogP contribution in [0.25, 0.3) is 0 Å². The lowest BCUT2D eigenvalue weighted by Gasteiger charge is -2.29. The molecule has 0 heterocycles. The summed E-state index contributed by atoms with van der Waals surface area (Å²) in [5.41, 5.74) is 0. The number of hydrogen-bond acceptors (Lipinski definition) is 1. The van der Waals surface area contributed by atoms with Crippen LogP contribution in [0.3, 0.4) is 0 Å². The van der Waals surface area contributed by atoms with E-state index in [1.54, 1.807) is 0 Å². The molecular weight excluding hydrogens is 258 g/mol. The van der Waals surface area contributed by atoms with Crippen molar-refractivity contribution >= 4 is 17.5 Å². The summed E-state index contributed by atoms with van der Waals surface area (Å²) in [6.45, 7) is 0.774. The number of halogens is 1. The average Bonchev–Trinajstić information content (AvgIpc) is 2.85. The summed E-state index contributed by atoms with van der Waals surface area (Å²) in [4.78, 5) is 15.1. The zero-order valence-electron chi connectivity index (χ0n) is 11.6. The van der Waals surface area contributed by atoms with Crippen LogP contribution in [0.1, 0.15) is 44.9 Å². The SMILES string of the molecule is O=C(C1C2C3CCC(C3)C12)N(CCCl)C1CCCC1. The molecule has 4 aliphatic carbocycles. The first-order valence-electron chi connectivity index (χ1n) is 8.17. The first kappa shape index (κ1) is 12.5. The van der Waals surface area contributed by atoms with Crippen LogP contribution in [0.15, 0.2) is 0 Å². The highest BCUT2D eigenvalue weighted by Gasteiger charge is 2.68. The topological polar surface area (TPSA) is 20.3 Å². The summed E-state index contributed by atoms with van der Waals surface area (Å²) in [5.74, 6) is 4.79. The summed E-state index contributed by atoms with van der Waals surface area (Å²) in [6.07, 6.45) is 9.22. The van der Waals surface area contributed by atoms with Gasteiger partial charge in [0.1, 0.15) is 0 Å². The van der Waals surface area contributed by atoms with Crippen molar-refractivity contribution in [3.8, 4) is 0 Å². The fourth-order valence-corrected chi connectivity index (χ4v) is 5.81. The van der Waals surface area contributed by atoms with E-state index in [0.29, 0.717) is 23.7 Å². The molecule has 4 rings (SSSR count). The number of fused-ring (bicyclic) bond motifs is 5. The molecule has 4 saturated carbocycles. The van der Waals surface area contributed by atoms with E-state index >= 15 is 0 Å². The Morgan fingerprint density at radius 2 is 1.68 bits per heavy atom. The second kappa shape index (κ2) is 4.65. The lowest BCUT2D eigenvalue weighted by Crippen LogP contribution is -2.42. The van der Waals surface area contributed by atoms with Gasteiger partial charge in [-0.25, -0.2) is 0 Å². The number of alkyl halides is 1. The molecule has 0 N–H and O–H groups in total. The van der Waals surface area contributed by atoms with Gasteiger partial charge in [-0.05, 0) is 55.8 Å². The Morgan fingerprint density at radius 3 is 2.26 bits per heavy atom. The second-order valence-corrected chi connectivity index (χ2v) is 7.55. The van der Waals surface area contributed by atoms with Crippen LogP contribution in [0.2, 0.25) is 0 Å². The molecule has 4 fully saturated rings. The van der Waals surface area contributed by atoms with Crippen molar-refractivity contribution in [2.24, 2.45) is 29.6 Å². The molecule has 2 bridgehead atoms. The van der Waals surface area contributed by atoms with Crippen LogP contribution < -0.4 is 0 Å². The van der Waals surface area contributed by atoms with Gasteiger partial charge in [0.15, 0.2) is 0 Å². The van der Waals surface area contributed by atoms with Gasteiger partial charge in [0.2, 0.25) is 5.91 Å². The van der Waals surface area contributed by atoms with Crippen molar-refractivity contribution in [3.05, 3.63) is 0 Å². The molecule has 0 aromatic carbocycles. The van der Waals surface area contributed by atoms with Crippen molar-refractivity contribution < 1.29 is 4.79 Å². The zero-order valence-corrected chi connectivity index (χ0v) is 12.3. The molecule has 2 nitrogen and oxygen atoms in total. The van der Waals surface area contributed by atoms with Gasteiger partial charge in [-0.1, -0.05) is 12.8 Å². The molecule has 0 spiro atoms. The van der Waals surface area contributed by atoms with E-state index in [4.69, 9.17) is 11.6 Å². The van der Waals surface area contributed by atoms with E-state index in [-0.39, 0.29) is 0 Å².